The van der Waals surface area contributed by atoms with Crippen molar-refractivity contribution in [3.05, 3.63) is 35.4 Å². The van der Waals surface area contributed by atoms with Gasteiger partial charge in [0, 0.05) is 12.5 Å². The van der Waals surface area contributed by atoms with Gasteiger partial charge in [0.25, 0.3) is 0 Å². The Kier molecular flexibility index (Phi) is 7.14. The van der Waals surface area contributed by atoms with Gasteiger partial charge in [-0.2, -0.15) is 0 Å². The summed E-state index contributed by atoms with van der Waals surface area (Å²) < 4.78 is 26.0. The molecule has 0 bridgehead atoms. The molecule has 0 radical (unpaired) electrons. The molecule has 1 unspecified atom stereocenters. The molecule has 0 heterocycles. The standard InChI is InChI=1S/C16H21F2N/c1-3-5-6-7-14(19-10-4-2)11-13-8-9-15(17)16(18)12-13/h8-9,12,14,19H,4,6-7,10-11H2,1-2H3. The summed E-state index contributed by atoms with van der Waals surface area (Å²) in [5, 5.41) is 3.43. The Balaban J connectivity index is 2.62. The van der Waals surface area contributed by atoms with Gasteiger partial charge in [-0.15, -0.1) is 11.8 Å². The van der Waals surface area contributed by atoms with Crippen molar-refractivity contribution >= 4 is 0 Å². The molecule has 3 heteroatoms. The van der Waals surface area contributed by atoms with E-state index in [0.717, 1.165) is 31.4 Å². The van der Waals surface area contributed by atoms with Gasteiger partial charge >= 0.3 is 0 Å². The molecule has 1 aromatic rings. The molecule has 1 aromatic carbocycles. The van der Waals surface area contributed by atoms with E-state index < -0.39 is 11.6 Å². The molecule has 0 amide bonds. The lowest BCUT2D eigenvalue weighted by molar-refractivity contribution is 0.477. The molecule has 1 rings (SSSR count). The molecule has 0 fully saturated rings. The van der Waals surface area contributed by atoms with Crippen molar-refractivity contribution in [2.45, 2.75) is 45.6 Å². The van der Waals surface area contributed by atoms with Crippen LogP contribution >= 0.6 is 0 Å². The zero-order chi connectivity index (χ0) is 14.1. The van der Waals surface area contributed by atoms with E-state index in [1.807, 2.05) is 6.92 Å². The van der Waals surface area contributed by atoms with Crippen LogP contribution in [0.15, 0.2) is 18.2 Å². The molecular weight excluding hydrogens is 244 g/mol. The Labute approximate surface area is 114 Å². The average molecular weight is 265 g/mol. The van der Waals surface area contributed by atoms with Gasteiger partial charge in [0.2, 0.25) is 0 Å². The largest absolute Gasteiger partial charge is 0.314 e. The molecule has 0 aliphatic heterocycles. The van der Waals surface area contributed by atoms with Gasteiger partial charge in [-0.1, -0.05) is 13.0 Å². The smallest absolute Gasteiger partial charge is 0.159 e. The van der Waals surface area contributed by atoms with Crippen LogP contribution in [0.2, 0.25) is 0 Å². The highest BCUT2D eigenvalue weighted by atomic mass is 19.2. The Hall–Kier alpha value is -1.40. The molecule has 104 valence electrons. The Morgan fingerprint density at radius 3 is 2.68 bits per heavy atom. The van der Waals surface area contributed by atoms with Crippen LogP contribution in [0, 0.1) is 23.5 Å². The minimum atomic E-state index is -0.793. The second kappa shape index (κ2) is 8.66. The van der Waals surface area contributed by atoms with Crippen molar-refractivity contribution in [2.75, 3.05) is 6.54 Å². The van der Waals surface area contributed by atoms with Gasteiger partial charge in [-0.25, -0.2) is 8.78 Å². The molecule has 0 saturated heterocycles. The highest BCUT2D eigenvalue weighted by Gasteiger charge is 2.10. The van der Waals surface area contributed by atoms with E-state index >= 15 is 0 Å². The van der Waals surface area contributed by atoms with Crippen LogP contribution in [-0.2, 0) is 6.42 Å². The first-order valence-electron chi connectivity index (χ1n) is 6.74. The first-order valence-corrected chi connectivity index (χ1v) is 6.74. The molecule has 0 aliphatic carbocycles. The van der Waals surface area contributed by atoms with Gasteiger partial charge in [0.05, 0.1) is 0 Å². The number of benzene rings is 1. The molecule has 1 nitrogen and oxygen atoms in total. The fraction of sp³-hybridized carbons (Fsp3) is 0.500. The van der Waals surface area contributed by atoms with Crippen LogP contribution in [0.4, 0.5) is 8.78 Å². The predicted octanol–water partition coefficient (Wildman–Crippen LogP) is 3.68. The lowest BCUT2D eigenvalue weighted by Crippen LogP contribution is -2.31. The highest BCUT2D eigenvalue weighted by Crippen LogP contribution is 2.12. The molecule has 1 atom stereocenters. The Morgan fingerprint density at radius 2 is 2.05 bits per heavy atom. The van der Waals surface area contributed by atoms with E-state index in [1.165, 1.54) is 12.1 Å². The van der Waals surface area contributed by atoms with Gasteiger partial charge in [-0.05, 0) is 50.4 Å². The first-order chi connectivity index (χ1) is 9.17. The molecule has 0 saturated carbocycles. The van der Waals surface area contributed by atoms with E-state index in [0.29, 0.717) is 6.42 Å². The van der Waals surface area contributed by atoms with Crippen molar-refractivity contribution in [2.24, 2.45) is 0 Å². The summed E-state index contributed by atoms with van der Waals surface area (Å²) in [6.45, 7) is 4.85. The third-order valence-corrected chi connectivity index (χ3v) is 2.94. The Bertz CT molecular complexity index is 446. The van der Waals surface area contributed by atoms with Crippen LogP contribution in [0.1, 0.15) is 38.7 Å². The van der Waals surface area contributed by atoms with Crippen LogP contribution in [0.25, 0.3) is 0 Å². The molecule has 0 spiro atoms. The molecule has 1 N–H and O–H groups in total. The van der Waals surface area contributed by atoms with Gasteiger partial charge in [0.1, 0.15) is 0 Å². The number of nitrogens with one attached hydrogen (secondary N) is 1. The lowest BCUT2D eigenvalue weighted by Gasteiger charge is -2.17. The normalized spacial score (nSPS) is 11.8. The second-order valence-electron chi connectivity index (χ2n) is 4.57. The molecule has 0 aromatic heterocycles. The summed E-state index contributed by atoms with van der Waals surface area (Å²) in [5.74, 6) is 4.34. The molecular formula is C16H21F2N. The summed E-state index contributed by atoms with van der Waals surface area (Å²) in [4.78, 5) is 0. The third-order valence-electron chi connectivity index (χ3n) is 2.94. The summed E-state index contributed by atoms with van der Waals surface area (Å²) in [5.41, 5.74) is 0.817. The van der Waals surface area contributed by atoms with Crippen molar-refractivity contribution < 1.29 is 8.78 Å². The quantitative estimate of drug-likeness (QED) is 0.742. The minimum absolute atomic E-state index is 0.255. The topological polar surface area (TPSA) is 12.0 Å². The first kappa shape index (κ1) is 15.7. The van der Waals surface area contributed by atoms with Crippen LogP contribution in [0.5, 0.6) is 0 Å². The van der Waals surface area contributed by atoms with Crippen molar-refractivity contribution in [1.29, 1.82) is 0 Å². The fourth-order valence-corrected chi connectivity index (χ4v) is 1.95. The van der Waals surface area contributed by atoms with Gasteiger partial charge in [0.15, 0.2) is 11.6 Å². The zero-order valence-corrected chi connectivity index (χ0v) is 11.6. The second-order valence-corrected chi connectivity index (χ2v) is 4.57. The predicted molar refractivity (Wildman–Crippen MR) is 74.8 cm³/mol. The number of rotatable bonds is 7. The molecule has 0 aliphatic rings. The van der Waals surface area contributed by atoms with E-state index in [1.54, 1.807) is 6.07 Å². The SMILES string of the molecule is CC#CCCC(Cc1ccc(F)c(F)c1)NCCC. The van der Waals surface area contributed by atoms with Crippen LogP contribution in [-0.4, -0.2) is 12.6 Å². The summed E-state index contributed by atoms with van der Waals surface area (Å²) in [6, 6.07) is 4.37. The average Bonchev–Trinajstić information content (AvgIpc) is 2.40. The molecule has 19 heavy (non-hydrogen) atoms. The van der Waals surface area contributed by atoms with E-state index in [2.05, 4.69) is 24.1 Å². The van der Waals surface area contributed by atoms with Crippen molar-refractivity contribution in [3.8, 4) is 11.8 Å². The number of hydrogen-bond donors (Lipinski definition) is 1. The van der Waals surface area contributed by atoms with Crippen molar-refractivity contribution in [3.63, 3.8) is 0 Å². The number of halogens is 2. The van der Waals surface area contributed by atoms with Gasteiger partial charge < -0.3 is 5.32 Å². The monoisotopic (exact) mass is 265 g/mol. The van der Waals surface area contributed by atoms with Crippen molar-refractivity contribution in [1.82, 2.24) is 5.32 Å². The maximum absolute atomic E-state index is 13.2. The summed E-state index contributed by atoms with van der Waals surface area (Å²) in [6.07, 6.45) is 3.48. The van der Waals surface area contributed by atoms with Crippen LogP contribution in [0.3, 0.4) is 0 Å². The fourth-order valence-electron chi connectivity index (χ4n) is 1.95. The minimum Gasteiger partial charge on any atom is -0.314 e. The van der Waals surface area contributed by atoms with E-state index in [9.17, 15) is 8.78 Å². The van der Waals surface area contributed by atoms with Gasteiger partial charge in [-0.3, -0.25) is 0 Å². The maximum Gasteiger partial charge on any atom is 0.159 e. The Morgan fingerprint density at radius 1 is 1.26 bits per heavy atom. The lowest BCUT2D eigenvalue weighted by atomic mass is 10.0. The maximum atomic E-state index is 13.2. The summed E-state index contributed by atoms with van der Waals surface area (Å²) in [7, 11) is 0. The number of hydrogen-bond acceptors (Lipinski definition) is 1. The zero-order valence-electron chi connectivity index (χ0n) is 11.6. The van der Waals surface area contributed by atoms with E-state index in [4.69, 9.17) is 0 Å². The summed E-state index contributed by atoms with van der Waals surface area (Å²) >= 11 is 0. The highest BCUT2D eigenvalue weighted by molar-refractivity contribution is 5.19. The third kappa shape index (κ3) is 5.85. The van der Waals surface area contributed by atoms with E-state index in [-0.39, 0.29) is 6.04 Å². The van der Waals surface area contributed by atoms with Crippen LogP contribution < -0.4 is 5.32 Å².